The van der Waals surface area contributed by atoms with Crippen molar-refractivity contribution >= 4 is 11.5 Å². The Kier molecular flexibility index (Phi) is 5.01. The number of nitrogens with zero attached hydrogens (tertiary/aromatic N) is 1. The first-order valence-electron chi connectivity index (χ1n) is 9.89. The quantitative estimate of drug-likeness (QED) is 0.605. The fraction of sp³-hybridized carbons (Fsp3) is 0.240. The maximum absolute atomic E-state index is 13.0. The number of carbonyl (C=O) groups is 1. The van der Waals surface area contributed by atoms with Crippen LogP contribution in [-0.2, 0) is 11.3 Å². The van der Waals surface area contributed by atoms with Crippen molar-refractivity contribution in [2.24, 2.45) is 0 Å². The lowest BCUT2D eigenvalue weighted by molar-refractivity contribution is -0.130. The summed E-state index contributed by atoms with van der Waals surface area (Å²) in [5.41, 5.74) is 4.82. The molecule has 1 aliphatic heterocycles. The van der Waals surface area contributed by atoms with E-state index in [1.54, 1.807) is 17.2 Å². The summed E-state index contributed by atoms with van der Waals surface area (Å²) in [4.78, 5) is 14.7. The van der Waals surface area contributed by atoms with Gasteiger partial charge in [-0.05, 0) is 41.7 Å². The Morgan fingerprint density at radius 2 is 1.72 bits per heavy atom. The molecule has 1 aromatic heterocycles. The maximum Gasteiger partial charge on any atom is 0.290 e. The zero-order valence-corrected chi connectivity index (χ0v) is 16.9. The van der Waals surface area contributed by atoms with Gasteiger partial charge in [-0.3, -0.25) is 4.79 Å². The van der Waals surface area contributed by atoms with Crippen molar-refractivity contribution < 1.29 is 14.3 Å². The molecule has 0 fully saturated rings. The molecule has 1 atom stereocenters. The molecule has 2 heterocycles. The topological polar surface area (TPSA) is 53.7 Å². The second kappa shape index (κ2) is 7.63. The van der Waals surface area contributed by atoms with Crippen molar-refractivity contribution in [1.82, 2.24) is 4.90 Å². The second-order valence-corrected chi connectivity index (χ2v) is 7.86. The summed E-state index contributed by atoms with van der Waals surface area (Å²) in [6.45, 7) is 6.62. The van der Waals surface area contributed by atoms with Crippen LogP contribution in [0.3, 0.4) is 0 Å². The highest BCUT2D eigenvalue weighted by Crippen LogP contribution is 2.44. The van der Waals surface area contributed by atoms with Crippen LogP contribution >= 0.6 is 0 Å². The molecule has 1 N–H and O–H groups in total. The minimum Gasteiger partial charge on any atom is -0.503 e. The maximum atomic E-state index is 13.0. The highest BCUT2D eigenvalue weighted by molar-refractivity contribution is 6.05. The van der Waals surface area contributed by atoms with Crippen LogP contribution < -0.4 is 0 Å². The van der Waals surface area contributed by atoms with Crippen LogP contribution in [0.1, 0.15) is 53.8 Å². The number of hydrogen-bond acceptors (Lipinski definition) is 3. The third-order valence-electron chi connectivity index (χ3n) is 5.49. The Balaban J connectivity index is 1.80. The lowest BCUT2D eigenvalue weighted by Crippen LogP contribution is -2.29. The summed E-state index contributed by atoms with van der Waals surface area (Å²) < 4.78 is 5.48. The Hall–Kier alpha value is -3.27. The summed E-state index contributed by atoms with van der Waals surface area (Å²) in [5, 5.41) is 10.8. The number of carbonyl (C=O) groups excluding carboxylic acids is 1. The van der Waals surface area contributed by atoms with Crippen LogP contribution in [0.5, 0.6) is 0 Å². The van der Waals surface area contributed by atoms with E-state index in [4.69, 9.17) is 4.42 Å². The fourth-order valence-electron chi connectivity index (χ4n) is 3.82. The lowest BCUT2D eigenvalue weighted by Gasteiger charge is -2.27. The number of benzene rings is 2. The van der Waals surface area contributed by atoms with Crippen LogP contribution in [-0.4, -0.2) is 15.9 Å². The summed E-state index contributed by atoms with van der Waals surface area (Å²) in [5.74, 6) is 0.530. The number of rotatable bonds is 5. The van der Waals surface area contributed by atoms with Gasteiger partial charge in [0, 0.05) is 5.57 Å². The van der Waals surface area contributed by atoms with Gasteiger partial charge in [-0.15, -0.1) is 0 Å². The molecule has 2 aromatic carbocycles. The Morgan fingerprint density at radius 1 is 1.03 bits per heavy atom. The van der Waals surface area contributed by atoms with E-state index in [1.807, 2.05) is 37.3 Å². The zero-order valence-electron chi connectivity index (χ0n) is 16.9. The van der Waals surface area contributed by atoms with Crippen LogP contribution in [0.15, 0.2) is 77.1 Å². The molecule has 1 aliphatic rings. The van der Waals surface area contributed by atoms with E-state index in [-0.39, 0.29) is 17.7 Å². The molecule has 0 aliphatic carbocycles. The first-order chi connectivity index (χ1) is 14.0. The third-order valence-corrected chi connectivity index (χ3v) is 5.49. The minimum atomic E-state index is -0.380. The molecule has 0 saturated heterocycles. The predicted octanol–water partition coefficient (Wildman–Crippen LogP) is 5.76. The van der Waals surface area contributed by atoms with Gasteiger partial charge >= 0.3 is 0 Å². The van der Waals surface area contributed by atoms with Crippen LogP contribution in [0.25, 0.3) is 5.57 Å². The zero-order chi connectivity index (χ0) is 20.5. The van der Waals surface area contributed by atoms with Gasteiger partial charge in [0.15, 0.2) is 5.76 Å². The van der Waals surface area contributed by atoms with Gasteiger partial charge < -0.3 is 14.4 Å². The van der Waals surface area contributed by atoms with E-state index < -0.39 is 0 Å². The van der Waals surface area contributed by atoms with E-state index in [0.717, 1.165) is 16.7 Å². The molecule has 0 spiro atoms. The molecule has 4 nitrogen and oxygen atoms in total. The number of aryl methyl sites for hydroxylation is 1. The van der Waals surface area contributed by atoms with Crippen LogP contribution in [0, 0.1) is 6.92 Å². The van der Waals surface area contributed by atoms with Crippen molar-refractivity contribution in [2.45, 2.75) is 39.3 Å². The Bertz CT molecular complexity index is 1030. The van der Waals surface area contributed by atoms with Gasteiger partial charge in [0.2, 0.25) is 0 Å². The molecular weight excluding hydrogens is 362 g/mol. The molecule has 3 aromatic rings. The number of furan rings is 1. The van der Waals surface area contributed by atoms with Gasteiger partial charge in [-0.1, -0.05) is 67.9 Å². The SMILES string of the molecule is Cc1ccc(C2=C(O)C(=O)N(Cc3ccco3)[C@@H]2c2ccc(C(C)C)cc2)cc1. The third kappa shape index (κ3) is 3.58. The molecule has 148 valence electrons. The van der Waals surface area contributed by atoms with Gasteiger partial charge in [0.25, 0.3) is 5.91 Å². The number of hydrogen-bond donors (Lipinski definition) is 1. The van der Waals surface area contributed by atoms with E-state index >= 15 is 0 Å². The van der Waals surface area contributed by atoms with Gasteiger partial charge in [-0.25, -0.2) is 0 Å². The molecule has 0 unspecified atom stereocenters. The molecule has 0 radical (unpaired) electrons. The van der Waals surface area contributed by atoms with Crippen molar-refractivity contribution in [2.75, 3.05) is 0 Å². The predicted molar refractivity (Wildman–Crippen MR) is 113 cm³/mol. The number of aliphatic hydroxyl groups is 1. The van der Waals surface area contributed by atoms with Crippen molar-refractivity contribution in [3.8, 4) is 0 Å². The van der Waals surface area contributed by atoms with Crippen molar-refractivity contribution in [3.63, 3.8) is 0 Å². The first-order valence-corrected chi connectivity index (χ1v) is 9.89. The van der Waals surface area contributed by atoms with Crippen molar-refractivity contribution in [3.05, 3.63) is 101 Å². The second-order valence-electron chi connectivity index (χ2n) is 7.86. The number of amides is 1. The summed E-state index contributed by atoms with van der Waals surface area (Å²) in [6.07, 6.45) is 1.59. The van der Waals surface area contributed by atoms with E-state index in [9.17, 15) is 9.90 Å². The first kappa shape index (κ1) is 19.1. The molecule has 4 heteroatoms. The molecule has 0 bridgehead atoms. The summed E-state index contributed by atoms with van der Waals surface area (Å²) in [6, 6.07) is 19.5. The number of aliphatic hydroxyl groups excluding tert-OH is 1. The normalized spacial score (nSPS) is 16.9. The van der Waals surface area contributed by atoms with Crippen LogP contribution in [0.2, 0.25) is 0 Å². The summed E-state index contributed by atoms with van der Waals surface area (Å²) >= 11 is 0. The average molecular weight is 387 g/mol. The molecule has 0 saturated carbocycles. The van der Waals surface area contributed by atoms with E-state index in [0.29, 0.717) is 23.8 Å². The van der Waals surface area contributed by atoms with E-state index in [1.165, 1.54) is 5.56 Å². The summed E-state index contributed by atoms with van der Waals surface area (Å²) in [7, 11) is 0. The van der Waals surface area contributed by atoms with Gasteiger partial charge in [0.1, 0.15) is 5.76 Å². The standard InChI is InChI=1S/C25H25NO3/c1-16(2)18-10-12-20(13-11-18)23-22(19-8-6-17(3)7-9-19)24(27)25(28)26(23)15-21-5-4-14-29-21/h4-14,16,23,27H,15H2,1-3H3/t23-/m1/s1. The lowest BCUT2D eigenvalue weighted by atomic mass is 9.91. The smallest absolute Gasteiger partial charge is 0.290 e. The van der Waals surface area contributed by atoms with Crippen molar-refractivity contribution in [1.29, 1.82) is 0 Å². The minimum absolute atomic E-state index is 0.196. The average Bonchev–Trinajstić information content (AvgIpc) is 3.31. The Labute approximate surface area is 171 Å². The largest absolute Gasteiger partial charge is 0.503 e. The van der Waals surface area contributed by atoms with Crippen LogP contribution in [0.4, 0.5) is 0 Å². The fourth-order valence-corrected chi connectivity index (χ4v) is 3.82. The van der Waals surface area contributed by atoms with Gasteiger partial charge in [0.05, 0.1) is 18.8 Å². The monoisotopic (exact) mass is 387 g/mol. The highest BCUT2D eigenvalue weighted by atomic mass is 16.3. The molecule has 1 amide bonds. The molecule has 29 heavy (non-hydrogen) atoms. The molecule has 4 rings (SSSR count). The highest BCUT2D eigenvalue weighted by Gasteiger charge is 2.41. The van der Waals surface area contributed by atoms with E-state index in [2.05, 4.69) is 38.1 Å². The Morgan fingerprint density at radius 3 is 2.31 bits per heavy atom. The van der Waals surface area contributed by atoms with Gasteiger partial charge in [-0.2, -0.15) is 0 Å². The molecular formula is C25H25NO3.